The second-order valence-electron chi connectivity index (χ2n) is 6.28. The molecular formula is C18H24N2O6. The maximum atomic E-state index is 12.6. The summed E-state index contributed by atoms with van der Waals surface area (Å²) >= 11 is 0. The molecule has 1 aromatic rings. The summed E-state index contributed by atoms with van der Waals surface area (Å²) in [5.41, 5.74) is 1.77. The van der Waals surface area contributed by atoms with Gasteiger partial charge in [-0.2, -0.15) is 0 Å². The fourth-order valence-electron chi connectivity index (χ4n) is 2.84. The molecule has 1 fully saturated rings. The number of rotatable bonds is 6. The number of aliphatic carboxylic acids is 1. The third kappa shape index (κ3) is 4.95. The number of morpholine rings is 1. The number of nitrogens with zero attached hydrogens (tertiary/aromatic N) is 2. The molecule has 142 valence electrons. The van der Waals surface area contributed by atoms with Crippen molar-refractivity contribution in [2.75, 3.05) is 46.5 Å². The fourth-order valence-corrected chi connectivity index (χ4v) is 2.84. The number of aryl methyl sites for hydroxylation is 2. The van der Waals surface area contributed by atoms with E-state index in [1.165, 1.54) is 4.90 Å². The first-order valence-corrected chi connectivity index (χ1v) is 8.36. The summed E-state index contributed by atoms with van der Waals surface area (Å²) in [6.07, 6.45) is 0. The second-order valence-corrected chi connectivity index (χ2v) is 6.28. The number of ether oxygens (including phenoxy) is 2. The van der Waals surface area contributed by atoms with Crippen molar-refractivity contribution < 1.29 is 29.0 Å². The van der Waals surface area contributed by atoms with Gasteiger partial charge in [0.2, 0.25) is 5.91 Å². The molecule has 1 aliphatic heterocycles. The predicted molar refractivity (Wildman–Crippen MR) is 93.4 cm³/mol. The highest BCUT2D eigenvalue weighted by Gasteiger charge is 2.22. The van der Waals surface area contributed by atoms with E-state index in [4.69, 9.17) is 14.6 Å². The zero-order valence-corrected chi connectivity index (χ0v) is 15.3. The van der Waals surface area contributed by atoms with Crippen LogP contribution in [0.5, 0.6) is 5.75 Å². The third-order valence-electron chi connectivity index (χ3n) is 4.13. The van der Waals surface area contributed by atoms with Gasteiger partial charge >= 0.3 is 5.97 Å². The molecule has 2 amide bonds. The lowest BCUT2D eigenvalue weighted by Crippen LogP contribution is -2.46. The van der Waals surface area contributed by atoms with Gasteiger partial charge in [-0.15, -0.1) is 0 Å². The average molecular weight is 364 g/mol. The number of amides is 2. The number of hydrogen-bond acceptors (Lipinski definition) is 5. The maximum absolute atomic E-state index is 12.6. The number of likely N-dealkylation sites (N-methyl/N-ethyl adjacent to an activating group) is 1. The van der Waals surface area contributed by atoms with Crippen molar-refractivity contribution in [1.29, 1.82) is 0 Å². The van der Waals surface area contributed by atoms with Crippen LogP contribution in [-0.4, -0.2) is 79.2 Å². The quantitative estimate of drug-likeness (QED) is 0.798. The van der Waals surface area contributed by atoms with Gasteiger partial charge in [0.05, 0.1) is 19.8 Å². The van der Waals surface area contributed by atoms with E-state index >= 15 is 0 Å². The summed E-state index contributed by atoms with van der Waals surface area (Å²) < 4.78 is 10.5. The van der Waals surface area contributed by atoms with E-state index in [1.54, 1.807) is 37.9 Å². The molecule has 1 saturated heterocycles. The molecule has 1 N–H and O–H groups in total. The van der Waals surface area contributed by atoms with Crippen LogP contribution in [0.1, 0.15) is 21.5 Å². The van der Waals surface area contributed by atoms with E-state index in [0.29, 0.717) is 48.7 Å². The minimum atomic E-state index is -1.06. The molecule has 8 heteroatoms. The molecule has 1 heterocycles. The number of carbonyl (C=O) groups is 3. The van der Waals surface area contributed by atoms with Gasteiger partial charge in [-0.25, -0.2) is 4.79 Å². The Morgan fingerprint density at radius 2 is 1.77 bits per heavy atom. The summed E-state index contributed by atoms with van der Waals surface area (Å²) in [4.78, 5) is 38.7. The molecule has 2 rings (SSSR count). The molecule has 1 aliphatic rings. The van der Waals surface area contributed by atoms with Crippen LogP contribution in [0.25, 0.3) is 0 Å². The summed E-state index contributed by atoms with van der Waals surface area (Å²) in [5, 5.41) is 8.73. The summed E-state index contributed by atoms with van der Waals surface area (Å²) in [7, 11) is 1.58. The van der Waals surface area contributed by atoms with E-state index < -0.39 is 12.6 Å². The Labute approximate surface area is 152 Å². The largest absolute Gasteiger partial charge is 0.481 e. The van der Waals surface area contributed by atoms with Crippen LogP contribution in [0.3, 0.4) is 0 Å². The highest BCUT2D eigenvalue weighted by Crippen LogP contribution is 2.25. The minimum Gasteiger partial charge on any atom is -0.481 e. The molecule has 1 aromatic carbocycles. The van der Waals surface area contributed by atoms with Crippen LogP contribution in [0.2, 0.25) is 0 Å². The standard InChI is InChI=1S/C18H24N2O6/c1-12-8-14(9-13(2)17(12)26-11-16(22)23)18(24)19(3)10-15(21)20-4-6-25-7-5-20/h8-9H,4-7,10-11H2,1-3H3,(H,22,23). The van der Waals surface area contributed by atoms with Gasteiger partial charge in [0.15, 0.2) is 6.61 Å². The zero-order chi connectivity index (χ0) is 19.3. The Bertz CT molecular complexity index is 674. The van der Waals surface area contributed by atoms with Gasteiger partial charge in [0.1, 0.15) is 5.75 Å². The van der Waals surface area contributed by atoms with Gasteiger partial charge in [0.25, 0.3) is 5.91 Å². The van der Waals surface area contributed by atoms with Gasteiger partial charge < -0.3 is 24.4 Å². The molecule has 0 aromatic heterocycles. The summed E-state index contributed by atoms with van der Waals surface area (Å²) in [6.45, 7) is 5.15. The minimum absolute atomic E-state index is 0.00576. The van der Waals surface area contributed by atoms with E-state index in [1.807, 2.05) is 0 Å². The van der Waals surface area contributed by atoms with Gasteiger partial charge in [-0.1, -0.05) is 0 Å². The third-order valence-corrected chi connectivity index (χ3v) is 4.13. The Balaban J connectivity index is 2.05. The van der Waals surface area contributed by atoms with Gasteiger partial charge in [-0.05, 0) is 37.1 Å². The highest BCUT2D eigenvalue weighted by molar-refractivity contribution is 5.97. The fraction of sp³-hybridized carbons (Fsp3) is 0.500. The number of hydrogen-bond donors (Lipinski definition) is 1. The number of carbonyl (C=O) groups excluding carboxylic acids is 2. The molecule has 0 radical (unpaired) electrons. The Kier molecular flexibility index (Phi) is 6.57. The number of carboxylic acids is 1. The van der Waals surface area contributed by atoms with Crippen molar-refractivity contribution >= 4 is 17.8 Å². The monoisotopic (exact) mass is 364 g/mol. The molecule has 26 heavy (non-hydrogen) atoms. The van der Waals surface area contributed by atoms with Crippen molar-refractivity contribution in [3.63, 3.8) is 0 Å². The molecule has 0 bridgehead atoms. The van der Waals surface area contributed by atoms with Crippen LogP contribution in [0.15, 0.2) is 12.1 Å². The maximum Gasteiger partial charge on any atom is 0.341 e. The smallest absolute Gasteiger partial charge is 0.341 e. The van der Waals surface area contributed by atoms with E-state index in [-0.39, 0.29) is 18.4 Å². The highest BCUT2D eigenvalue weighted by atomic mass is 16.5. The first kappa shape index (κ1) is 19.7. The van der Waals surface area contributed by atoms with Crippen LogP contribution in [-0.2, 0) is 14.3 Å². The molecule has 8 nitrogen and oxygen atoms in total. The second kappa shape index (κ2) is 8.66. The van der Waals surface area contributed by atoms with Crippen LogP contribution in [0.4, 0.5) is 0 Å². The molecule has 0 spiro atoms. The lowest BCUT2D eigenvalue weighted by molar-refractivity contribution is -0.139. The first-order chi connectivity index (χ1) is 12.3. The lowest BCUT2D eigenvalue weighted by atomic mass is 10.0. The normalized spacial score (nSPS) is 14.0. The number of carboxylic acid groups (broad SMARTS) is 1. The van der Waals surface area contributed by atoms with E-state index in [9.17, 15) is 14.4 Å². The van der Waals surface area contributed by atoms with Crippen molar-refractivity contribution in [3.8, 4) is 5.75 Å². The molecule has 0 saturated carbocycles. The zero-order valence-electron chi connectivity index (χ0n) is 15.3. The number of benzene rings is 1. The van der Waals surface area contributed by atoms with Crippen molar-refractivity contribution in [2.45, 2.75) is 13.8 Å². The topological polar surface area (TPSA) is 96.4 Å². The van der Waals surface area contributed by atoms with Crippen LogP contribution >= 0.6 is 0 Å². The summed E-state index contributed by atoms with van der Waals surface area (Å²) in [5.74, 6) is -0.997. The van der Waals surface area contributed by atoms with E-state index in [0.717, 1.165) is 0 Å². The molecular weight excluding hydrogens is 340 g/mol. The van der Waals surface area contributed by atoms with Crippen LogP contribution < -0.4 is 4.74 Å². The van der Waals surface area contributed by atoms with Crippen LogP contribution in [0, 0.1) is 13.8 Å². The van der Waals surface area contributed by atoms with Gasteiger partial charge in [-0.3, -0.25) is 9.59 Å². The average Bonchev–Trinajstić information content (AvgIpc) is 2.60. The predicted octanol–water partition coefficient (Wildman–Crippen LogP) is 0.698. The van der Waals surface area contributed by atoms with Crippen molar-refractivity contribution in [3.05, 3.63) is 28.8 Å². The van der Waals surface area contributed by atoms with Gasteiger partial charge in [0, 0.05) is 25.7 Å². The Hall–Kier alpha value is -2.61. The van der Waals surface area contributed by atoms with Crippen molar-refractivity contribution in [2.24, 2.45) is 0 Å². The SMILES string of the molecule is Cc1cc(C(=O)N(C)CC(=O)N2CCOCC2)cc(C)c1OCC(=O)O. The molecule has 0 aliphatic carbocycles. The van der Waals surface area contributed by atoms with Crippen molar-refractivity contribution in [1.82, 2.24) is 9.80 Å². The summed E-state index contributed by atoms with van der Waals surface area (Å²) in [6, 6.07) is 3.28. The van der Waals surface area contributed by atoms with E-state index in [2.05, 4.69) is 0 Å². The molecule has 0 atom stereocenters. The first-order valence-electron chi connectivity index (χ1n) is 8.36. The lowest BCUT2D eigenvalue weighted by Gasteiger charge is -2.28. The Morgan fingerprint density at radius 1 is 1.19 bits per heavy atom. The Morgan fingerprint density at radius 3 is 2.31 bits per heavy atom. The molecule has 0 unspecified atom stereocenters.